The highest BCUT2D eigenvalue weighted by Crippen LogP contribution is 2.19. The van der Waals surface area contributed by atoms with Gasteiger partial charge < -0.3 is 0 Å². The summed E-state index contributed by atoms with van der Waals surface area (Å²) in [5.41, 5.74) is 1.10. The van der Waals surface area contributed by atoms with Crippen molar-refractivity contribution in [3.63, 3.8) is 0 Å². The number of aromatic nitrogens is 2. The minimum absolute atomic E-state index is 1.10. The van der Waals surface area contributed by atoms with Gasteiger partial charge in [-0.25, -0.2) is 0 Å². The van der Waals surface area contributed by atoms with E-state index in [9.17, 15) is 0 Å². The highest BCUT2D eigenvalue weighted by molar-refractivity contribution is 9.09. The van der Waals surface area contributed by atoms with Gasteiger partial charge in [0.1, 0.15) is 0 Å². The molecular weight excluding hydrogens is 248 g/mol. The Morgan fingerprint density at radius 3 is 2.85 bits per heavy atom. The van der Waals surface area contributed by atoms with Gasteiger partial charge in [-0.3, -0.25) is 4.68 Å². The standard InChI is InChI=1S/C9H15BrN2S/c1-8-7-9(12(2)11-8)13-6-4-3-5-10/h7H,3-6H2,1-2H3. The van der Waals surface area contributed by atoms with E-state index in [0.717, 1.165) is 11.0 Å². The predicted octanol–water partition coefficient (Wildman–Crippen LogP) is 3.00. The normalized spacial score (nSPS) is 10.7. The second-order valence-corrected chi connectivity index (χ2v) is 4.90. The summed E-state index contributed by atoms with van der Waals surface area (Å²) in [6.07, 6.45) is 2.52. The van der Waals surface area contributed by atoms with Crippen LogP contribution in [0.4, 0.5) is 0 Å². The fourth-order valence-electron chi connectivity index (χ4n) is 1.10. The molecule has 0 saturated heterocycles. The molecule has 1 aromatic rings. The minimum Gasteiger partial charge on any atom is -0.262 e. The molecule has 4 heteroatoms. The van der Waals surface area contributed by atoms with Crippen molar-refractivity contribution >= 4 is 27.7 Å². The highest BCUT2D eigenvalue weighted by atomic mass is 79.9. The summed E-state index contributed by atoms with van der Waals surface area (Å²) in [6, 6.07) is 2.14. The summed E-state index contributed by atoms with van der Waals surface area (Å²) in [7, 11) is 2.00. The number of nitrogens with zero attached hydrogens (tertiary/aromatic N) is 2. The zero-order valence-corrected chi connectivity index (χ0v) is 10.5. The minimum atomic E-state index is 1.10. The molecule has 1 heterocycles. The molecule has 0 radical (unpaired) electrons. The number of thioether (sulfide) groups is 1. The fraction of sp³-hybridized carbons (Fsp3) is 0.667. The molecule has 0 amide bonds. The molecule has 0 aliphatic rings. The van der Waals surface area contributed by atoms with Crippen LogP contribution in [0, 0.1) is 6.92 Å². The number of hydrogen-bond donors (Lipinski definition) is 0. The van der Waals surface area contributed by atoms with Crippen LogP contribution in [-0.4, -0.2) is 20.9 Å². The highest BCUT2D eigenvalue weighted by Gasteiger charge is 2.01. The third kappa shape index (κ3) is 3.73. The fourth-order valence-corrected chi connectivity index (χ4v) is 2.53. The van der Waals surface area contributed by atoms with Gasteiger partial charge in [0.05, 0.1) is 10.7 Å². The summed E-state index contributed by atoms with van der Waals surface area (Å²) >= 11 is 5.32. The zero-order valence-electron chi connectivity index (χ0n) is 8.09. The SMILES string of the molecule is Cc1cc(SCCCCBr)n(C)n1. The predicted molar refractivity (Wildman–Crippen MR) is 61.7 cm³/mol. The van der Waals surface area contributed by atoms with Crippen LogP contribution in [-0.2, 0) is 7.05 Å². The zero-order chi connectivity index (χ0) is 9.68. The Morgan fingerprint density at radius 2 is 2.31 bits per heavy atom. The molecule has 0 aromatic carbocycles. The molecule has 0 saturated carbocycles. The van der Waals surface area contributed by atoms with E-state index in [0.29, 0.717) is 0 Å². The molecule has 0 atom stereocenters. The van der Waals surface area contributed by atoms with Crippen molar-refractivity contribution in [3.05, 3.63) is 11.8 Å². The van der Waals surface area contributed by atoms with Crippen molar-refractivity contribution in [2.75, 3.05) is 11.1 Å². The van der Waals surface area contributed by atoms with Gasteiger partial charge in [0.2, 0.25) is 0 Å². The van der Waals surface area contributed by atoms with Crippen LogP contribution < -0.4 is 0 Å². The van der Waals surface area contributed by atoms with Crippen molar-refractivity contribution in [2.45, 2.75) is 24.8 Å². The van der Waals surface area contributed by atoms with Crippen LogP contribution in [0.1, 0.15) is 18.5 Å². The second kappa shape index (κ2) is 5.70. The first-order valence-corrected chi connectivity index (χ1v) is 6.54. The van der Waals surface area contributed by atoms with Gasteiger partial charge in [0, 0.05) is 12.4 Å². The van der Waals surface area contributed by atoms with Crippen LogP contribution in [0.3, 0.4) is 0 Å². The Labute approximate surface area is 92.2 Å². The molecule has 13 heavy (non-hydrogen) atoms. The van der Waals surface area contributed by atoms with Crippen LogP contribution in [0.25, 0.3) is 0 Å². The number of unbranched alkanes of at least 4 members (excludes halogenated alkanes) is 1. The lowest BCUT2D eigenvalue weighted by atomic mass is 10.4. The quantitative estimate of drug-likeness (QED) is 0.461. The van der Waals surface area contributed by atoms with Gasteiger partial charge in [-0.2, -0.15) is 5.10 Å². The lowest BCUT2D eigenvalue weighted by Gasteiger charge is -1.99. The molecule has 1 rings (SSSR count). The maximum absolute atomic E-state index is 4.30. The lowest BCUT2D eigenvalue weighted by molar-refractivity contribution is 0.692. The van der Waals surface area contributed by atoms with E-state index in [4.69, 9.17) is 0 Å². The van der Waals surface area contributed by atoms with Crippen molar-refractivity contribution < 1.29 is 0 Å². The van der Waals surface area contributed by atoms with Crippen LogP contribution in [0.15, 0.2) is 11.1 Å². The smallest absolute Gasteiger partial charge is 0.0939 e. The maximum atomic E-state index is 4.30. The Bertz CT molecular complexity index is 260. The molecule has 0 spiro atoms. The van der Waals surface area contributed by atoms with Crippen molar-refractivity contribution in [2.24, 2.45) is 7.05 Å². The molecule has 0 aliphatic heterocycles. The summed E-state index contributed by atoms with van der Waals surface area (Å²) in [5, 5.41) is 6.68. The first-order chi connectivity index (χ1) is 6.24. The van der Waals surface area contributed by atoms with Gasteiger partial charge in [0.15, 0.2) is 0 Å². The molecule has 0 N–H and O–H groups in total. The Kier molecular flexibility index (Phi) is 4.88. The largest absolute Gasteiger partial charge is 0.262 e. The van der Waals surface area contributed by atoms with Crippen molar-refractivity contribution in [1.29, 1.82) is 0 Å². The van der Waals surface area contributed by atoms with Crippen LogP contribution >= 0.6 is 27.7 Å². The number of aryl methyl sites for hydroxylation is 2. The van der Waals surface area contributed by atoms with E-state index >= 15 is 0 Å². The molecule has 0 bridgehead atoms. The monoisotopic (exact) mass is 262 g/mol. The number of hydrogen-bond acceptors (Lipinski definition) is 2. The molecule has 2 nitrogen and oxygen atoms in total. The molecule has 1 aromatic heterocycles. The van der Waals surface area contributed by atoms with Gasteiger partial charge >= 0.3 is 0 Å². The van der Waals surface area contributed by atoms with Gasteiger partial charge in [-0.05, 0) is 31.6 Å². The van der Waals surface area contributed by atoms with Crippen molar-refractivity contribution in [3.8, 4) is 0 Å². The van der Waals surface area contributed by atoms with E-state index in [-0.39, 0.29) is 0 Å². The summed E-state index contributed by atoms with van der Waals surface area (Å²) in [4.78, 5) is 0. The van der Waals surface area contributed by atoms with E-state index < -0.39 is 0 Å². The molecule has 0 aliphatic carbocycles. The van der Waals surface area contributed by atoms with Gasteiger partial charge in [-0.15, -0.1) is 11.8 Å². The Balaban J connectivity index is 2.32. The maximum Gasteiger partial charge on any atom is 0.0939 e. The first-order valence-electron chi connectivity index (χ1n) is 4.43. The van der Waals surface area contributed by atoms with E-state index in [2.05, 4.69) is 27.1 Å². The molecule has 74 valence electrons. The Morgan fingerprint density at radius 1 is 1.54 bits per heavy atom. The number of rotatable bonds is 5. The van der Waals surface area contributed by atoms with Crippen molar-refractivity contribution in [1.82, 2.24) is 9.78 Å². The lowest BCUT2D eigenvalue weighted by Crippen LogP contribution is -1.93. The average Bonchev–Trinajstić information content (AvgIpc) is 2.39. The van der Waals surface area contributed by atoms with Gasteiger partial charge in [-0.1, -0.05) is 15.9 Å². The third-order valence-corrected chi connectivity index (χ3v) is 3.47. The Hall–Kier alpha value is 0.0400. The first kappa shape index (κ1) is 11.1. The molecule has 0 unspecified atom stereocenters. The number of halogens is 1. The summed E-state index contributed by atoms with van der Waals surface area (Å²) in [5.74, 6) is 1.19. The summed E-state index contributed by atoms with van der Waals surface area (Å²) < 4.78 is 1.95. The van der Waals surface area contributed by atoms with E-state index in [1.165, 1.54) is 23.6 Å². The topological polar surface area (TPSA) is 17.8 Å². The third-order valence-electron chi connectivity index (χ3n) is 1.74. The van der Waals surface area contributed by atoms with Gasteiger partial charge in [0.25, 0.3) is 0 Å². The molecular formula is C9H15BrN2S. The van der Waals surface area contributed by atoms with E-state index in [1.807, 2.05) is 30.4 Å². The summed E-state index contributed by atoms with van der Waals surface area (Å²) in [6.45, 7) is 2.03. The van der Waals surface area contributed by atoms with E-state index in [1.54, 1.807) is 0 Å². The average molecular weight is 263 g/mol. The second-order valence-electron chi connectivity index (χ2n) is 2.99. The molecule has 0 fully saturated rings. The number of alkyl halides is 1. The van der Waals surface area contributed by atoms with Crippen LogP contribution in [0.2, 0.25) is 0 Å². The van der Waals surface area contributed by atoms with Crippen LogP contribution in [0.5, 0.6) is 0 Å².